The van der Waals surface area contributed by atoms with E-state index in [-0.39, 0.29) is 5.91 Å². The zero-order chi connectivity index (χ0) is 13.1. The van der Waals surface area contributed by atoms with Gasteiger partial charge >= 0.3 is 0 Å². The summed E-state index contributed by atoms with van der Waals surface area (Å²) in [7, 11) is 0. The molecule has 5 nitrogen and oxygen atoms in total. The Morgan fingerprint density at radius 3 is 2.56 bits per heavy atom. The van der Waals surface area contributed by atoms with Crippen molar-refractivity contribution in [3.8, 4) is 0 Å². The highest BCUT2D eigenvalue weighted by atomic mass is 16.5. The van der Waals surface area contributed by atoms with Crippen molar-refractivity contribution in [3.63, 3.8) is 0 Å². The van der Waals surface area contributed by atoms with Gasteiger partial charge in [0.25, 0.3) is 0 Å². The van der Waals surface area contributed by atoms with Gasteiger partial charge in [-0.3, -0.25) is 4.79 Å². The molecule has 1 aliphatic heterocycles. The highest BCUT2D eigenvalue weighted by molar-refractivity contribution is 5.76. The van der Waals surface area contributed by atoms with E-state index >= 15 is 0 Å². The van der Waals surface area contributed by atoms with Crippen molar-refractivity contribution in [2.45, 2.75) is 27.2 Å². The Labute approximate surface area is 108 Å². The van der Waals surface area contributed by atoms with Gasteiger partial charge < -0.3 is 14.3 Å². The summed E-state index contributed by atoms with van der Waals surface area (Å²) in [5, 5.41) is 4.01. The zero-order valence-corrected chi connectivity index (χ0v) is 11.3. The molecule has 1 amide bonds. The monoisotopic (exact) mass is 251 g/mol. The molecule has 1 aromatic rings. The van der Waals surface area contributed by atoms with Gasteiger partial charge in [0, 0.05) is 38.7 Å². The largest absolute Gasteiger partial charge is 0.360 e. The number of nitrogens with zero attached hydrogens (tertiary/aromatic N) is 3. The zero-order valence-electron chi connectivity index (χ0n) is 11.3. The molecule has 2 heterocycles. The van der Waals surface area contributed by atoms with Crippen LogP contribution in [0.2, 0.25) is 0 Å². The maximum absolute atomic E-state index is 11.9. The molecule has 18 heavy (non-hydrogen) atoms. The quantitative estimate of drug-likeness (QED) is 0.820. The molecule has 100 valence electrons. The van der Waals surface area contributed by atoms with E-state index in [0.717, 1.165) is 37.8 Å². The fourth-order valence-corrected chi connectivity index (χ4v) is 2.17. The second kappa shape index (κ2) is 5.42. The van der Waals surface area contributed by atoms with Crippen molar-refractivity contribution >= 4 is 11.7 Å². The van der Waals surface area contributed by atoms with E-state index in [0.29, 0.717) is 12.3 Å². The maximum Gasteiger partial charge on any atom is 0.222 e. The maximum atomic E-state index is 11.9. The number of carbonyl (C=O) groups is 1. The molecule has 0 saturated carbocycles. The van der Waals surface area contributed by atoms with Crippen LogP contribution in [0.15, 0.2) is 10.6 Å². The van der Waals surface area contributed by atoms with Crippen molar-refractivity contribution in [1.29, 1.82) is 0 Å². The average molecular weight is 251 g/mol. The summed E-state index contributed by atoms with van der Waals surface area (Å²) in [4.78, 5) is 16.0. The number of anilines is 1. The number of carbonyl (C=O) groups excluding carboxylic acids is 1. The minimum absolute atomic E-state index is 0.265. The normalized spacial score (nSPS) is 16.4. The topological polar surface area (TPSA) is 49.6 Å². The van der Waals surface area contributed by atoms with Crippen molar-refractivity contribution in [1.82, 2.24) is 10.1 Å². The Morgan fingerprint density at radius 2 is 2.06 bits per heavy atom. The molecule has 0 radical (unpaired) electrons. The van der Waals surface area contributed by atoms with Crippen LogP contribution in [0.4, 0.5) is 5.82 Å². The van der Waals surface area contributed by atoms with E-state index in [1.807, 2.05) is 17.9 Å². The summed E-state index contributed by atoms with van der Waals surface area (Å²) in [6, 6.07) is 1.94. The first-order chi connectivity index (χ1) is 8.56. The highest BCUT2D eigenvalue weighted by Gasteiger charge is 2.22. The molecule has 1 aromatic heterocycles. The Bertz CT molecular complexity index is 406. The molecule has 0 unspecified atom stereocenters. The molecule has 0 N–H and O–H groups in total. The SMILES string of the molecule is Cc1cc(N2CCN(C(=O)CC(C)C)CC2)no1. The number of amides is 1. The standard InChI is InChI=1S/C13H21N3O2/c1-10(2)8-13(17)16-6-4-15(5-7-16)12-9-11(3)18-14-12/h9-10H,4-8H2,1-3H3. The Morgan fingerprint density at radius 1 is 1.39 bits per heavy atom. The van der Waals surface area contributed by atoms with Crippen LogP contribution in [-0.4, -0.2) is 42.1 Å². The van der Waals surface area contributed by atoms with Crippen LogP contribution < -0.4 is 4.90 Å². The minimum Gasteiger partial charge on any atom is -0.360 e. The fraction of sp³-hybridized carbons (Fsp3) is 0.692. The van der Waals surface area contributed by atoms with Crippen LogP contribution >= 0.6 is 0 Å². The first-order valence-corrected chi connectivity index (χ1v) is 6.52. The van der Waals surface area contributed by atoms with Gasteiger partial charge in [0.05, 0.1) is 0 Å². The van der Waals surface area contributed by atoms with Gasteiger partial charge in [0.1, 0.15) is 5.76 Å². The minimum atomic E-state index is 0.265. The smallest absolute Gasteiger partial charge is 0.222 e. The lowest BCUT2D eigenvalue weighted by Crippen LogP contribution is -2.49. The average Bonchev–Trinajstić information content (AvgIpc) is 2.75. The molecular formula is C13H21N3O2. The van der Waals surface area contributed by atoms with Gasteiger partial charge in [0.2, 0.25) is 5.91 Å². The second-order valence-electron chi connectivity index (χ2n) is 5.26. The molecule has 1 saturated heterocycles. The summed E-state index contributed by atoms with van der Waals surface area (Å²) in [5.41, 5.74) is 0. The van der Waals surface area contributed by atoms with Gasteiger partial charge in [-0.25, -0.2) is 0 Å². The number of piperazine rings is 1. The molecule has 0 aliphatic carbocycles. The first kappa shape index (κ1) is 12.9. The van der Waals surface area contributed by atoms with E-state index in [4.69, 9.17) is 4.52 Å². The van der Waals surface area contributed by atoms with Gasteiger partial charge in [0.15, 0.2) is 5.82 Å². The van der Waals surface area contributed by atoms with E-state index < -0.39 is 0 Å². The second-order valence-corrected chi connectivity index (χ2v) is 5.26. The van der Waals surface area contributed by atoms with Crippen LogP contribution in [0, 0.1) is 12.8 Å². The van der Waals surface area contributed by atoms with Crippen LogP contribution in [0.25, 0.3) is 0 Å². The Kier molecular flexibility index (Phi) is 3.89. The van der Waals surface area contributed by atoms with E-state index in [1.165, 1.54) is 0 Å². The molecule has 1 fully saturated rings. The molecule has 0 bridgehead atoms. The lowest BCUT2D eigenvalue weighted by atomic mass is 10.1. The van der Waals surface area contributed by atoms with Crippen LogP contribution in [-0.2, 0) is 4.79 Å². The number of hydrogen-bond donors (Lipinski definition) is 0. The number of aromatic nitrogens is 1. The molecule has 0 atom stereocenters. The lowest BCUT2D eigenvalue weighted by molar-refractivity contribution is -0.132. The van der Waals surface area contributed by atoms with Gasteiger partial charge in [-0.15, -0.1) is 0 Å². The van der Waals surface area contributed by atoms with Crippen molar-refractivity contribution < 1.29 is 9.32 Å². The number of aryl methyl sites for hydroxylation is 1. The van der Waals surface area contributed by atoms with E-state index in [9.17, 15) is 4.79 Å². The van der Waals surface area contributed by atoms with E-state index in [1.54, 1.807) is 0 Å². The summed E-state index contributed by atoms with van der Waals surface area (Å²) in [6.07, 6.45) is 0.642. The van der Waals surface area contributed by atoms with Gasteiger partial charge in [-0.1, -0.05) is 19.0 Å². The van der Waals surface area contributed by atoms with Crippen LogP contribution in [0.1, 0.15) is 26.0 Å². The number of hydrogen-bond acceptors (Lipinski definition) is 4. The fourth-order valence-electron chi connectivity index (χ4n) is 2.17. The molecule has 1 aliphatic rings. The third-order valence-electron chi connectivity index (χ3n) is 3.15. The first-order valence-electron chi connectivity index (χ1n) is 6.52. The van der Waals surface area contributed by atoms with Crippen molar-refractivity contribution in [2.24, 2.45) is 5.92 Å². The predicted molar refractivity (Wildman–Crippen MR) is 69.5 cm³/mol. The van der Waals surface area contributed by atoms with Crippen LogP contribution in [0.3, 0.4) is 0 Å². The predicted octanol–water partition coefficient (Wildman–Crippen LogP) is 1.68. The highest BCUT2D eigenvalue weighted by Crippen LogP contribution is 2.16. The van der Waals surface area contributed by atoms with E-state index in [2.05, 4.69) is 23.9 Å². The van der Waals surface area contributed by atoms with Gasteiger partial charge in [-0.05, 0) is 12.8 Å². The molecule has 2 rings (SSSR count). The Balaban J connectivity index is 1.86. The van der Waals surface area contributed by atoms with Gasteiger partial charge in [-0.2, -0.15) is 0 Å². The summed E-state index contributed by atoms with van der Waals surface area (Å²) in [6.45, 7) is 9.25. The summed E-state index contributed by atoms with van der Waals surface area (Å²) >= 11 is 0. The third-order valence-corrected chi connectivity index (χ3v) is 3.15. The Hall–Kier alpha value is -1.52. The molecule has 0 aromatic carbocycles. The molecular weight excluding hydrogens is 230 g/mol. The number of rotatable bonds is 3. The van der Waals surface area contributed by atoms with Crippen molar-refractivity contribution in [2.75, 3.05) is 31.1 Å². The molecule has 0 spiro atoms. The summed E-state index contributed by atoms with van der Waals surface area (Å²) < 4.78 is 5.07. The molecule has 5 heteroatoms. The third kappa shape index (κ3) is 3.03. The van der Waals surface area contributed by atoms with Crippen LogP contribution in [0.5, 0.6) is 0 Å². The lowest BCUT2D eigenvalue weighted by Gasteiger charge is -2.34. The summed E-state index contributed by atoms with van der Waals surface area (Å²) in [5.74, 6) is 2.39. The van der Waals surface area contributed by atoms with Crippen molar-refractivity contribution in [3.05, 3.63) is 11.8 Å².